The molecule has 0 heterocycles. The maximum atomic E-state index is 12.0. The third-order valence-electron chi connectivity index (χ3n) is 2.94. The van der Waals surface area contributed by atoms with E-state index in [4.69, 9.17) is 5.73 Å². The molecule has 0 fully saturated rings. The number of carbonyl (C=O) groups excluding carboxylic acids is 1. The van der Waals surface area contributed by atoms with Crippen molar-refractivity contribution >= 4 is 18.3 Å². The molecule has 0 aliphatic carbocycles. The van der Waals surface area contributed by atoms with Gasteiger partial charge in [-0.1, -0.05) is 43.7 Å². The highest BCUT2D eigenvalue weighted by atomic mass is 35.5. The molecule has 0 radical (unpaired) electrons. The highest BCUT2D eigenvalue weighted by Gasteiger charge is 2.28. The van der Waals surface area contributed by atoms with Crippen LogP contribution in [0.5, 0.6) is 0 Å². The van der Waals surface area contributed by atoms with Gasteiger partial charge in [0.25, 0.3) is 0 Å². The summed E-state index contributed by atoms with van der Waals surface area (Å²) in [4.78, 5) is 12.0. The third kappa shape index (κ3) is 4.67. The van der Waals surface area contributed by atoms with Crippen molar-refractivity contribution in [2.24, 2.45) is 5.73 Å². The molecule has 4 heteroatoms. The predicted molar refractivity (Wildman–Crippen MR) is 77.7 cm³/mol. The van der Waals surface area contributed by atoms with E-state index in [1.165, 1.54) is 0 Å². The molecule has 1 rings (SSSR count). The molecular weight excluding hydrogens is 248 g/mol. The van der Waals surface area contributed by atoms with Gasteiger partial charge in [-0.15, -0.1) is 12.4 Å². The van der Waals surface area contributed by atoms with Crippen molar-refractivity contribution in [2.45, 2.75) is 45.2 Å². The van der Waals surface area contributed by atoms with Crippen LogP contribution >= 0.6 is 12.4 Å². The van der Waals surface area contributed by atoms with E-state index in [0.29, 0.717) is 6.42 Å². The lowest BCUT2D eigenvalue weighted by Crippen LogP contribution is -2.51. The van der Waals surface area contributed by atoms with E-state index in [9.17, 15) is 4.79 Å². The summed E-state index contributed by atoms with van der Waals surface area (Å²) in [5.41, 5.74) is 6.30. The van der Waals surface area contributed by atoms with Gasteiger partial charge in [0.2, 0.25) is 5.91 Å². The van der Waals surface area contributed by atoms with Crippen molar-refractivity contribution in [2.75, 3.05) is 0 Å². The second kappa shape index (κ2) is 7.39. The molecule has 1 amide bonds. The van der Waals surface area contributed by atoms with Crippen LogP contribution in [0.25, 0.3) is 0 Å². The Morgan fingerprint density at radius 3 is 2.44 bits per heavy atom. The van der Waals surface area contributed by atoms with E-state index in [0.717, 1.165) is 12.0 Å². The van der Waals surface area contributed by atoms with Crippen molar-refractivity contribution < 1.29 is 4.79 Å². The molecule has 3 nitrogen and oxygen atoms in total. The molecular formula is C14H23ClN2O. The summed E-state index contributed by atoms with van der Waals surface area (Å²) in [7, 11) is 0. The molecule has 0 bridgehead atoms. The van der Waals surface area contributed by atoms with Gasteiger partial charge in [-0.3, -0.25) is 4.79 Å². The molecule has 0 spiro atoms. The van der Waals surface area contributed by atoms with Crippen molar-refractivity contribution in [3.05, 3.63) is 35.9 Å². The molecule has 0 aromatic heterocycles. The maximum Gasteiger partial charge on any atom is 0.240 e. The number of halogens is 1. The molecule has 1 aromatic carbocycles. The van der Waals surface area contributed by atoms with Gasteiger partial charge in [-0.05, 0) is 25.8 Å². The van der Waals surface area contributed by atoms with Crippen molar-refractivity contribution in [1.29, 1.82) is 0 Å². The number of rotatable bonds is 5. The van der Waals surface area contributed by atoms with Crippen LogP contribution in [0.4, 0.5) is 0 Å². The minimum Gasteiger partial charge on any atom is -0.348 e. The van der Waals surface area contributed by atoms with Gasteiger partial charge in [0, 0.05) is 0 Å². The average Bonchev–Trinajstić information content (AvgIpc) is 2.30. The molecule has 0 aliphatic rings. The average molecular weight is 271 g/mol. The first kappa shape index (κ1) is 16.9. The Labute approximate surface area is 116 Å². The number of hydrogen-bond acceptors (Lipinski definition) is 2. The minimum absolute atomic E-state index is 0. The second-order valence-electron chi connectivity index (χ2n) is 4.77. The smallest absolute Gasteiger partial charge is 0.240 e. The van der Waals surface area contributed by atoms with Crippen molar-refractivity contribution in [3.8, 4) is 0 Å². The fraction of sp³-hybridized carbons (Fsp3) is 0.500. The Hall–Kier alpha value is -1.06. The number of hydrogen-bond donors (Lipinski definition) is 2. The number of nitrogens with one attached hydrogen (secondary N) is 1. The fourth-order valence-corrected chi connectivity index (χ4v) is 1.82. The largest absolute Gasteiger partial charge is 0.348 e. The van der Waals surface area contributed by atoms with Crippen LogP contribution in [0.3, 0.4) is 0 Å². The topological polar surface area (TPSA) is 55.1 Å². The summed E-state index contributed by atoms with van der Waals surface area (Å²) in [6, 6.07) is 9.87. The summed E-state index contributed by atoms with van der Waals surface area (Å²) in [6.45, 7) is 5.78. The minimum atomic E-state index is -0.780. The molecule has 0 aliphatic heterocycles. The van der Waals surface area contributed by atoms with Gasteiger partial charge in [-0.25, -0.2) is 0 Å². The van der Waals surface area contributed by atoms with E-state index in [1.54, 1.807) is 6.92 Å². The zero-order valence-corrected chi connectivity index (χ0v) is 12.1. The third-order valence-corrected chi connectivity index (χ3v) is 2.94. The molecule has 3 N–H and O–H groups in total. The summed E-state index contributed by atoms with van der Waals surface area (Å²) in [5.74, 6) is -0.0873. The molecule has 1 aromatic rings. The van der Waals surface area contributed by atoms with Crippen LogP contribution in [0.2, 0.25) is 0 Å². The van der Waals surface area contributed by atoms with Gasteiger partial charge in [0.1, 0.15) is 0 Å². The van der Waals surface area contributed by atoms with Crippen LogP contribution in [0.1, 0.15) is 45.2 Å². The van der Waals surface area contributed by atoms with Crippen LogP contribution < -0.4 is 11.1 Å². The monoisotopic (exact) mass is 270 g/mol. The molecule has 2 unspecified atom stereocenters. The van der Waals surface area contributed by atoms with Gasteiger partial charge < -0.3 is 11.1 Å². The standard InChI is InChI=1S/C14H22N2O.ClH/c1-4-10-14(3,15)13(17)16-11(2)12-8-6-5-7-9-12;/h5-9,11H,4,10,15H2,1-3H3,(H,16,17);1H. The quantitative estimate of drug-likeness (QED) is 0.864. The lowest BCUT2D eigenvalue weighted by molar-refractivity contribution is -0.126. The summed E-state index contributed by atoms with van der Waals surface area (Å²) in [5, 5.41) is 2.96. The number of nitrogens with two attached hydrogens (primary N) is 1. The Bertz CT molecular complexity index is 365. The van der Waals surface area contributed by atoms with Crippen LogP contribution in [-0.4, -0.2) is 11.4 Å². The van der Waals surface area contributed by atoms with Gasteiger partial charge in [0.15, 0.2) is 0 Å². The highest BCUT2D eigenvalue weighted by molar-refractivity contribution is 5.86. The Morgan fingerprint density at radius 1 is 1.39 bits per heavy atom. The van der Waals surface area contributed by atoms with E-state index >= 15 is 0 Å². The predicted octanol–water partition coefficient (Wildman–Crippen LogP) is 2.80. The molecule has 0 saturated carbocycles. The van der Waals surface area contributed by atoms with E-state index in [2.05, 4.69) is 5.32 Å². The normalized spacial score (nSPS) is 15.1. The van der Waals surface area contributed by atoms with Crippen LogP contribution in [0.15, 0.2) is 30.3 Å². The first-order chi connectivity index (χ1) is 7.97. The van der Waals surface area contributed by atoms with Gasteiger partial charge in [0.05, 0.1) is 11.6 Å². The lowest BCUT2D eigenvalue weighted by atomic mass is 9.95. The Balaban J connectivity index is 0.00000289. The van der Waals surface area contributed by atoms with Crippen molar-refractivity contribution in [1.82, 2.24) is 5.32 Å². The van der Waals surface area contributed by atoms with E-state index < -0.39 is 5.54 Å². The van der Waals surface area contributed by atoms with Crippen LogP contribution in [0, 0.1) is 0 Å². The number of benzene rings is 1. The molecule has 18 heavy (non-hydrogen) atoms. The zero-order valence-electron chi connectivity index (χ0n) is 11.3. The van der Waals surface area contributed by atoms with E-state index in [-0.39, 0.29) is 24.4 Å². The maximum absolute atomic E-state index is 12.0. The first-order valence-electron chi connectivity index (χ1n) is 6.12. The van der Waals surface area contributed by atoms with Gasteiger partial charge >= 0.3 is 0 Å². The van der Waals surface area contributed by atoms with Gasteiger partial charge in [-0.2, -0.15) is 0 Å². The molecule has 102 valence electrons. The lowest BCUT2D eigenvalue weighted by Gasteiger charge is -2.25. The van der Waals surface area contributed by atoms with Crippen molar-refractivity contribution in [3.63, 3.8) is 0 Å². The first-order valence-corrected chi connectivity index (χ1v) is 6.12. The zero-order chi connectivity index (χ0) is 12.9. The summed E-state index contributed by atoms with van der Waals surface area (Å²) in [6.07, 6.45) is 1.60. The molecule has 2 atom stereocenters. The summed E-state index contributed by atoms with van der Waals surface area (Å²) < 4.78 is 0. The SMILES string of the molecule is CCCC(C)(N)C(=O)NC(C)c1ccccc1.Cl. The highest BCUT2D eigenvalue weighted by Crippen LogP contribution is 2.14. The second-order valence-corrected chi connectivity index (χ2v) is 4.77. The summed E-state index contributed by atoms with van der Waals surface area (Å²) >= 11 is 0. The fourth-order valence-electron chi connectivity index (χ4n) is 1.82. The Morgan fingerprint density at radius 2 is 1.94 bits per heavy atom. The molecule has 0 saturated heterocycles. The van der Waals surface area contributed by atoms with Crippen LogP contribution in [-0.2, 0) is 4.79 Å². The number of amides is 1. The van der Waals surface area contributed by atoms with E-state index in [1.807, 2.05) is 44.2 Å². The Kier molecular flexibility index (Phi) is 6.96. The number of carbonyl (C=O) groups is 1.